The van der Waals surface area contributed by atoms with Gasteiger partial charge in [-0.2, -0.15) is 0 Å². The lowest BCUT2D eigenvalue weighted by atomic mass is 10.2. The summed E-state index contributed by atoms with van der Waals surface area (Å²) in [7, 11) is 1.76. The van der Waals surface area contributed by atoms with Gasteiger partial charge in [0.05, 0.1) is 6.54 Å². The molecular weight excluding hydrogens is 356 g/mol. The summed E-state index contributed by atoms with van der Waals surface area (Å²) in [5.41, 5.74) is 2.23. The molecular formula is C21H24N4OS. The molecule has 0 aliphatic carbocycles. The standard InChI is InChI=1S/C21H24N4OS/c1-16-12-23-20(27-16)14-25-21(22-2)24-13-18-10-6-7-11-19(18)26-15-17-8-4-3-5-9-17/h3-12H,13-15H2,1-2H3,(H2,22,24,25). The van der Waals surface area contributed by atoms with Gasteiger partial charge in [-0.25, -0.2) is 4.98 Å². The fraction of sp³-hybridized carbons (Fsp3) is 0.238. The highest BCUT2D eigenvalue weighted by atomic mass is 32.1. The van der Waals surface area contributed by atoms with Crippen LogP contribution in [0, 0.1) is 6.92 Å². The van der Waals surface area contributed by atoms with E-state index in [-0.39, 0.29) is 0 Å². The third-order valence-electron chi connectivity index (χ3n) is 3.96. The Bertz CT molecular complexity index is 877. The Balaban J connectivity index is 1.55. The van der Waals surface area contributed by atoms with Gasteiger partial charge in [0.15, 0.2) is 5.96 Å². The van der Waals surface area contributed by atoms with Crippen LogP contribution in [-0.2, 0) is 19.7 Å². The second-order valence-electron chi connectivity index (χ2n) is 6.03. The summed E-state index contributed by atoms with van der Waals surface area (Å²) in [5.74, 6) is 1.61. The molecule has 0 unspecified atom stereocenters. The number of aliphatic imine (C=N–C) groups is 1. The van der Waals surface area contributed by atoms with Crippen LogP contribution in [0.4, 0.5) is 0 Å². The molecule has 2 N–H and O–H groups in total. The number of ether oxygens (including phenoxy) is 1. The Labute approximate surface area is 164 Å². The van der Waals surface area contributed by atoms with Gasteiger partial charge < -0.3 is 15.4 Å². The van der Waals surface area contributed by atoms with Crippen molar-refractivity contribution in [2.24, 2.45) is 4.99 Å². The van der Waals surface area contributed by atoms with Gasteiger partial charge in [0.2, 0.25) is 0 Å². The molecule has 0 amide bonds. The number of guanidine groups is 1. The van der Waals surface area contributed by atoms with E-state index in [0.717, 1.165) is 27.8 Å². The van der Waals surface area contributed by atoms with Crippen LogP contribution >= 0.6 is 11.3 Å². The van der Waals surface area contributed by atoms with E-state index >= 15 is 0 Å². The average Bonchev–Trinajstić information content (AvgIpc) is 3.13. The van der Waals surface area contributed by atoms with Gasteiger partial charge in [0, 0.05) is 30.2 Å². The number of nitrogens with one attached hydrogen (secondary N) is 2. The van der Waals surface area contributed by atoms with Crippen LogP contribution in [0.1, 0.15) is 21.0 Å². The molecule has 0 aliphatic rings. The fourth-order valence-corrected chi connectivity index (χ4v) is 3.29. The third-order valence-corrected chi connectivity index (χ3v) is 4.87. The molecule has 140 valence electrons. The van der Waals surface area contributed by atoms with Crippen LogP contribution in [0.3, 0.4) is 0 Å². The molecule has 0 atom stereocenters. The van der Waals surface area contributed by atoms with Crippen molar-refractivity contribution in [1.82, 2.24) is 15.6 Å². The number of thiazole rings is 1. The SMILES string of the molecule is CN=C(NCc1ncc(C)s1)NCc1ccccc1OCc1ccccc1. The smallest absolute Gasteiger partial charge is 0.191 e. The van der Waals surface area contributed by atoms with Crippen molar-refractivity contribution >= 4 is 17.3 Å². The topological polar surface area (TPSA) is 58.5 Å². The van der Waals surface area contributed by atoms with Crippen molar-refractivity contribution in [1.29, 1.82) is 0 Å². The van der Waals surface area contributed by atoms with Crippen molar-refractivity contribution in [2.45, 2.75) is 26.6 Å². The minimum atomic E-state index is 0.550. The van der Waals surface area contributed by atoms with E-state index in [1.54, 1.807) is 18.4 Å². The number of nitrogens with zero attached hydrogens (tertiary/aromatic N) is 2. The Hall–Kier alpha value is -2.86. The highest BCUT2D eigenvalue weighted by molar-refractivity contribution is 7.11. The molecule has 0 bridgehead atoms. The zero-order chi connectivity index (χ0) is 18.9. The molecule has 0 radical (unpaired) electrons. The van der Waals surface area contributed by atoms with E-state index in [4.69, 9.17) is 4.74 Å². The van der Waals surface area contributed by atoms with Crippen LogP contribution in [0.25, 0.3) is 0 Å². The Morgan fingerprint density at radius 3 is 2.52 bits per heavy atom. The van der Waals surface area contributed by atoms with Gasteiger partial charge in [-0.3, -0.25) is 4.99 Å². The van der Waals surface area contributed by atoms with E-state index in [0.29, 0.717) is 19.7 Å². The molecule has 0 saturated heterocycles. The molecule has 1 aromatic heterocycles. The molecule has 3 aromatic rings. The number of benzene rings is 2. The predicted octanol–water partition coefficient (Wildman–Crippen LogP) is 3.90. The summed E-state index contributed by atoms with van der Waals surface area (Å²) in [5, 5.41) is 7.67. The van der Waals surface area contributed by atoms with Crippen LogP contribution in [0.15, 0.2) is 65.8 Å². The van der Waals surface area contributed by atoms with E-state index < -0.39 is 0 Å². The first-order chi connectivity index (χ1) is 13.2. The van der Waals surface area contributed by atoms with E-state index in [2.05, 4.69) is 45.7 Å². The normalized spacial score (nSPS) is 11.3. The molecule has 27 heavy (non-hydrogen) atoms. The van der Waals surface area contributed by atoms with Crippen molar-refractivity contribution in [3.8, 4) is 5.75 Å². The van der Waals surface area contributed by atoms with Gasteiger partial charge >= 0.3 is 0 Å². The highest BCUT2D eigenvalue weighted by Crippen LogP contribution is 2.19. The zero-order valence-electron chi connectivity index (χ0n) is 15.6. The molecule has 6 heteroatoms. The number of hydrogen-bond acceptors (Lipinski definition) is 4. The first-order valence-corrected chi connectivity index (χ1v) is 9.66. The van der Waals surface area contributed by atoms with Crippen LogP contribution in [0.5, 0.6) is 5.75 Å². The predicted molar refractivity (Wildman–Crippen MR) is 111 cm³/mol. The van der Waals surface area contributed by atoms with Gasteiger partial charge in [-0.1, -0.05) is 48.5 Å². The number of para-hydroxylation sites is 1. The molecule has 0 saturated carbocycles. The lowest BCUT2D eigenvalue weighted by Crippen LogP contribution is -2.36. The first-order valence-electron chi connectivity index (χ1n) is 8.85. The highest BCUT2D eigenvalue weighted by Gasteiger charge is 2.06. The molecule has 0 fully saturated rings. The maximum absolute atomic E-state index is 6.01. The van der Waals surface area contributed by atoms with Crippen LogP contribution in [-0.4, -0.2) is 18.0 Å². The van der Waals surface area contributed by atoms with Crippen molar-refractivity contribution < 1.29 is 4.74 Å². The molecule has 3 rings (SSSR count). The lowest BCUT2D eigenvalue weighted by molar-refractivity contribution is 0.302. The summed E-state index contributed by atoms with van der Waals surface area (Å²) < 4.78 is 6.01. The van der Waals surface area contributed by atoms with Crippen molar-refractivity contribution in [3.05, 3.63) is 81.8 Å². The fourth-order valence-electron chi connectivity index (χ4n) is 2.57. The third kappa shape index (κ3) is 5.82. The largest absolute Gasteiger partial charge is 0.489 e. The second kappa shape index (κ2) is 9.73. The molecule has 5 nitrogen and oxygen atoms in total. The van der Waals surface area contributed by atoms with Gasteiger partial charge in [-0.15, -0.1) is 11.3 Å². The monoisotopic (exact) mass is 380 g/mol. The van der Waals surface area contributed by atoms with E-state index in [1.807, 2.05) is 42.6 Å². The first kappa shape index (κ1) is 18.9. The summed E-state index contributed by atoms with van der Waals surface area (Å²) in [6, 6.07) is 18.2. The second-order valence-corrected chi connectivity index (χ2v) is 7.35. The lowest BCUT2D eigenvalue weighted by Gasteiger charge is -2.14. The molecule has 1 heterocycles. The number of hydrogen-bond donors (Lipinski definition) is 2. The van der Waals surface area contributed by atoms with Gasteiger partial charge in [0.25, 0.3) is 0 Å². The van der Waals surface area contributed by atoms with Crippen molar-refractivity contribution in [2.75, 3.05) is 7.05 Å². The van der Waals surface area contributed by atoms with E-state index in [1.165, 1.54) is 4.88 Å². The Morgan fingerprint density at radius 2 is 1.78 bits per heavy atom. The van der Waals surface area contributed by atoms with Crippen molar-refractivity contribution in [3.63, 3.8) is 0 Å². The summed E-state index contributed by atoms with van der Waals surface area (Å²) in [6.45, 7) is 3.89. The molecule has 2 aromatic carbocycles. The van der Waals surface area contributed by atoms with Gasteiger partial charge in [-0.05, 0) is 18.6 Å². The maximum Gasteiger partial charge on any atom is 0.191 e. The summed E-state index contributed by atoms with van der Waals surface area (Å²) in [4.78, 5) is 9.85. The Kier molecular flexibility index (Phi) is 6.82. The number of aryl methyl sites for hydroxylation is 1. The van der Waals surface area contributed by atoms with E-state index in [9.17, 15) is 0 Å². The van der Waals surface area contributed by atoms with Gasteiger partial charge in [0.1, 0.15) is 17.4 Å². The average molecular weight is 381 g/mol. The maximum atomic E-state index is 6.01. The minimum absolute atomic E-state index is 0.550. The summed E-state index contributed by atoms with van der Waals surface area (Å²) >= 11 is 1.69. The zero-order valence-corrected chi connectivity index (χ0v) is 16.4. The minimum Gasteiger partial charge on any atom is -0.489 e. The molecule has 0 aliphatic heterocycles. The number of aromatic nitrogens is 1. The van der Waals surface area contributed by atoms with Crippen LogP contribution in [0.2, 0.25) is 0 Å². The van der Waals surface area contributed by atoms with Crippen LogP contribution < -0.4 is 15.4 Å². The summed E-state index contributed by atoms with van der Waals surface area (Å²) in [6.07, 6.45) is 1.89. The molecule has 0 spiro atoms. The number of rotatable bonds is 7. The Morgan fingerprint density at radius 1 is 1.04 bits per heavy atom. The quantitative estimate of drug-likeness (QED) is 0.482.